The summed E-state index contributed by atoms with van der Waals surface area (Å²) in [7, 11) is 0. The second kappa shape index (κ2) is 15.9. The standard InChI is InChI=1S/C24H43NO2/c1-3-5-7-9-11-13-15-17-19-21(22-20-23(26)25-24(22)27)18-16-14-12-10-8-6-4-2/h16,18,21-22H,3-15,17,19-20H2,1-2H3,(H,25,26,27)/b18-16+. The zero-order valence-corrected chi connectivity index (χ0v) is 17.9. The summed E-state index contributed by atoms with van der Waals surface area (Å²) in [6.07, 6.45) is 23.9. The molecule has 3 nitrogen and oxygen atoms in total. The van der Waals surface area contributed by atoms with Crippen molar-refractivity contribution in [1.29, 1.82) is 0 Å². The van der Waals surface area contributed by atoms with Gasteiger partial charge >= 0.3 is 0 Å². The van der Waals surface area contributed by atoms with Crippen LogP contribution in [0.5, 0.6) is 0 Å². The number of rotatable bonds is 17. The molecule has 3 heteroatoms. The van der Waals surface area contributed by atoms with Gasteiger partial charge in [-0.3, -0.25) is 14.9 Å². The number of allylic oxidation sites excluding steroid dienone is 2. The number of carbonyl (C=O) groups is 2. The van der Waals surface area contributed by atoms with Crippen LogP contribution in [0.15, 0.2) is 12.2 Å². The maximum absolute atomic E-state index is 12.1. The molecule has 2 unspecified atom stereocenters. The molecule has 0 spiro atoms. The van der Waals surface area contributed by atoms with Crippen molar-refractivity contribution in [3.05, 3.63) is 12.2 Å². The van der Waals surface area contributed by atoms with E-state index >= 15 is 0 Å². The second-order valence-electron chi connectivity index (χ2n) is 8.28. The van der Waals surface area contributed by atoms with E-state index in [1.54, 1.807) is 0 Å². The van der Waals surface area contributed by atoms with Gasteiger partial charge in [-0.15, -0.1) is 0 Å². The van der Waals surface area contributed by atoms with Crippen LogP contribution in [-0.2, 0) is 9.59 Å². The highest BCUT2D eigenvalue weighted by Crippen LogP contribution is 2.28. The van der Waals surface area contributed by atoms with Crippen molar-refractivity contribution in [2.75, 3.05) is 0 Å². The van der Waals surface area contributed by atoms with Gasteiger partial charge in [-0.05, 0) is 25.2 Å². The summed E-state index contributed by atoms with van der Waals surface area (Å²) >= 11 is 0. The molecule has 1 fully saturated rings. The summed E-state index contributed by atoms with van der Waals surface area (Å²) in [6, 6.07) is 0. The molecule has 1 heterocycles. The van der Waals surface area contributed by atoms with Crippen LogP contribution in [0.1, 0.15) is 117 Å². The summed E-state index contributed by atoms with van der Waals surface area (Å²) in [5, 5.41) is 2.49. The van der Waals surface area contributed by atoms with E-state index in [-0.39, 0.29) is 23.7 Å². The highest BCUT2D eigenvalue weighted by molar-refractivity contribution is 6.03. The van der Waals surface area contributed by atoms with Crippen molar-refractivity contribution >= 4 is 11.8 Å². The molecule has 1 N–H and O–H groups in total. The van der Waals surface area contributed by atoms with Crippen molar-refractivity contribution < 1.29 is 9.59 Å². The molecule has 0 radical (unpaired) electrons. The molecule has 27 heavy (non-hydrogen) atoms. The number of hydrogen-bond acceptors (Lipinski definition) is 2. The van der Waals surface area contributed by atoms with E-state index in [0.717, 1.165) is 19.3 Å². The lowest BCUT2D eigenvalue weighted by Gasteiger charge is -2.17. The van der Waals surface area contributed by atoms with Crippen LogP contribution in [-0.4, -0.2) is 11.8 Å². The van der Waals surface area contributed by atoms with E-state index in [1.165, 1.54) is 77.0 Å². The maximum Gasteiger partial charge on any atom is 0.230 e. The molecule has 1 aliphatic heterocycles. The lowest BCUT2D eigenvalue weighted by Crippen LogP contribution is -2.25. The van der Waals surface area contributed by atoms with E-state index in [9.17, 15) is 9.59 Å². The number of hydrogen-bond donors (Lipinski definition) is 1. The zero-order valence-electron chi connectivity index (χ0n) is 17.9. The first kappa shape index (κ1) is 23.9. The molecule has 2 atom stereocenters. The molecule has 0 saturated carbocycles. The Labute approximate surface area is 167 Å². The van der Waals surface area contributed by atoms with E-state index in [0.29, 0.717) is 6.42 Å². The Morgan fingerprint density at radius 3 is 1.96 bits per heavy atom. The highest BCUT2D eigenvalue weighted by Gasteiger charge is 2.35. The molecule has 1 rings (SSSR count). The number of amides is 2. The van der Waals surface area contributed by atoms with Crippen LogP contribution in [0.2, 0.25) is 0 Å². The summed E-state index contributed by atoms with van der Waals surface area (Å²) in [5.74, 6) is -0.0679. The molecule has 0 aromatic rings. The van der Waals surface area contributed by atoms with Crippen molar-refractivity contribution in [3.8, 4) is 0 Å². The molecular weight excluding hydrogens is 334 g/mol. The molecule has 0 aromatic heterocycles. The van der Waals surface area contributed by atoms with Gasteiger partial charge in [0.05, 0.1) is 5.92 Å². The smallest absolute Gasteiger partial charge is 0.230 e. The highest BCUT2D eigenvalue weighted by atomic mass is 16.2. The van der Waals surface area contributed by atoms with Gasteiger partial charge in [0.2, 0.25) is 11.8 Å². The lowest BCUT2D eigenvalue weighted by atomic mass is 9.85. The third-order valence-corrected chi connectivity index (χ3v) is 5.77. The van der Waals surface area contributed by atoms with Crippen LogP contribution >= 0.6 is 0 Å². The summed E-state index contributed by atoms with van der Waals surface area (Å²) in [5.41, 5.74) is 0. The maximum atomic E-state index is 12.1. The van der Waals surface area contributed by atoms with Gasteiger partial charge in [0.25, 0.3) is 0 Å². The molecule has 0 aliphatic carbocycles. The van der Waals surface area contributed by atoms with Gasteiger partial charge in [-0.2, -0.15) is 0 Å². The molecule has 0 aromatic carbocycles. The Kier molecular flexibility index (Phi) is 14.1. The number of carbonyl (C=O) groups excluding carboxylic acids is 2. The minimum Gasteiger partial charge on any atom is -0.296 e. The number of nitrogens with one attached hydrogen (secondary N) is 1. The van der Waals surface area contributed by atoms with E-state index in [2.05, 4.69) is 31.3 Å². The Balaban J connectivity index is 2.31. The molecule has 1 aliphatic rings. The van der Waals surface area contributed by atoms with E-state index in [4.69, 9.17) is 0 Å². The first-order valence-electron chi connectivity index (χ1n) is 11.7. The van der Waals surface area contributed by atoms with Crippen molar-refractivity contribution in [2.24, 2.45) is 11.8 Å². The van der Waals surface area contributed by atoms with Gasteiger partial charge in [-0.1, -0.05) is 103 Å². The largest absolute Gasteiger partial charge is 0.296 e. The van der Waals surface area contributed by atoms with E-state index < -0.39 is 0 Å². The van der Waals surface area contributed by atoms with Crippen LogP contribution in [0.4, 0.5) is 0 Å². The Morgan fingerprint density at radius 2 is 1.41 bits per heavy atom. The van der Waals surface area contributed by atoms with Crippen LogP contribution in [0.25, 0.3) is 0 Å². The lowest BCUT2D eigenvalue weighted by molar-refractivity contribution is -0.126. The van der Waals surface area contributed by atoms with Crippen molar-refractivity contribution in [2.45, 2.75) is 117 Å². The fourth-order valence-electron chi connectivity index (χ4n) is 4.00. The van der Waals surface area contributed by atoms with Crippen molar-refractivity contribution in [1.82, 2.24) is 5.32 Å². The van der Waals surface area contributed by atoms with Crippen LogP contribution in [0.3, 0.4) is 0 Å². The fourth-order valence-corrected chi connectivity index (χ4v) is 4.00. The number of imide groups is 1. The third kappa shape index (κ3) is 11.3. The summed E-state index contributed by atoms with van der Waals surface area (Å²) < 4.78 is 0. The summed E-state index contributed by atoms with van der Waals surface area (Å²) in [6.45, 7) is 4.49. The summed E-state index contributed by atoms with van der Waals surface area (Å²) in [4.78, 5) is 23.7. The van der Waals surface area contributed by atoms with Crippen molar-refractivity contribution in [3.63, 3.8) is 0 Å². The minimum absolute atomic E-state index is 0.0582. The SMILES string of the molecule is CCCCCCC/C=C/C(CCCCCCCCCC)C1CC(=O)NC1=O. The quantitative estimate of drug-likeness (QED) is 0.174. The Hall–Kier alpha value is -1.12. The van der Waals surface area contributed by atoms with Gasteiger partial charge < -0.3 is 0 Å². The third-order valence-electron chi connectivity index (χ3n) is 5.77. The second-order valence-corrected chi connectivity index (χ2v) is 8.28. The monoisotopic (exact) mass is 377 g/mol. The van der Waals surface area contributed by atoms with E-state index in [1.807, 2.05) is 0 Å². The average Bonchev–Trinajstić information content (AvgIpc) is 2.99. The minimum atomic E-state index is -0.140. The normalized spacial score (nSPS) is 18.4. The zero-order chi connectivity index (χ0) is 19.7. The topological polar surface area (TPSA) is 46.2 Å². The molecule has 0 bridgehead atoms. The van der Waals surface area contributed by atoms with Crippen LogP contribution in [0, 0.1) is 11.8 Å². The predicted molar refractivity (Wildman–Crippen MR) is 114 cm³/mol. The Morgan fingerprint density at radius 1 is 0.852 bits per heavy atom. The van der Waals surface area contributed by atoms with Gasteiger partial charge in [0.15, 0.2) is 0 Å². The number of unbranched alkanes of at least 4 members (excludes halogenated alkanes) is 12. The molecule has 156 valence electrons. The molecular formula is C24H43NO2. The predicted octanol–water partition coefficient (Wildman–Crippen LogP) is 6.71. The average molecular weight is 378 g/mol. The van der Waals surface area contributed by atoms with Gasteiger partial charge in [0.1, 0.15) is 0 Å². The first-order valence-corrected chi connectivity index (χ1v) is 11.7. The molecule has 1 saturated heterocycles. The van der Waals surface area contributed by atoms with Gasteiger partial charge in [0, 0.05) is 6.42 Å². The fraction of sp³-hybridized carbons (Fsp3) is 0.833. The molecule has 2 amide bonds. The van der Waals surface area contributed by atoms with Crippen LogP contribution < -0.4 is 5.32 Å². The first-order chi connectivity index (χ1) is 13.2. The Bertz CT molecular complexity index is 430. The van der Waals surface area contributed by atoms with Gasteiger partial charge in [-0.25, -0.2) is 0 Å².